The first-order valence-electron chi connectivity index (χ1n) is 4.12. The van der Waals surface area contributed by atoms with Crippen LogP contribution < -0.4 is 0 Å². The maximum absolute atomic E-state index is 11.0. The van der Waals surface area contributed by atoms with Crippen molar-refractivity contribution >= 4 is 7.60 Å². The molecule has 0 aromatic heterocycles. The first-order chi connectivity index (χ1) is 6.43. The Bertz CT molecular complexity index is 257. The first-order valence-corrected chi connectivity index (χ1v) is 5.73. The van der Waals surface area contributed by atoms with Gasteiger partial charge in [-0.1, -0.05) is 0 Å². The molecule has 0 aliphatic rings. The van der Waals surface area contributed by atoms with E-state index < -0.39 is 19.5 Å². The van der Waals surface area contributed by atoms with Gasteiger partial charge in [-0.25, -0.2) is 0 Å². The summed E-state index contributed by atoms with van der Waals surface area (Å²) in [5.41, 5.74) is 0. The van der Waals surface area contributed by atoms with E-state index in [0.29, 0.717) is 0 Å². The van der Waals surface area contributed by atoms with Gasteiger partial charge in [0.2, 0.25) is 0 Å². The molecule has 0 heterocycles. The van der Waals surface area contributed by atoms with Crippen LogP contribution in [0.25, 0.3) is 0 Å². The van der Waals surface area contributed by atoms with E-state index in [4.69, 9.17) is 24.5 Å². The van der Waals surface area contributed by atoms with Gasteiger partial charge in [0.15, 0.2) is 0 Å². The summed E-state index contributed by atoms with van der Waals surface area (Å²) >= 11 is 0. The van der Waals surface area contributed by atoms with Crippen molar-refractivity contribution in [1.82, 2.24) is 0 Å². The first kappa shape index (κ1) is 13.6. The van der Waals surface area contributed by atoms with Crippen molar-refractivity contribution in [3.8, 4) is 6.07 Å². The molecule has 0 aliphatic carbocycles. The van der Waals surface area contributed by atoms with Gasteiger partial charge in [0.05, 0.1) is 0 Å². The van der Waals surface area contributed by atoms with E-state index >= 15 is 0 Å². The highest BCUT2D eigenvalue weighted by molar-refractivity contribution is 7.53. The number of hydrogen-bond acceptors (Lipinski definition) is 4. The molecule has 0 spiro atoms. The van der Waals surface area contributed by atoms with E-state index in [1.165, 1.54) is 6.07 Å². The normalized spacial score (nSPS) is 15.9. The van der Waals surface area contributed by atoms with Crippen molar-refractivity contribution in [3.05, 3.63) is 0 Å². The molecule has 1 atom stereocenters. The van der Waals surface area contributed by atoms with Crippen LogP contribution in [0.2, 0.25) is 0 Å². The predicted molar refractivity (Wildman–Crippen MR) is 48.5 cm³/mol. The molecule has 1 unspecified atom stereocenters. The fourth-order valence-electron chi connectivity index (χ4n) is 0.819. The molecule has 6 nitrogen and oxygen atoms in total. The van der Waals surface area contributed by atoms with Crippen molar-refractivity contribution in [3.63, 3.8) is 0 Å². The molecule has 0 amide bonds. The van der Waals surface area contributed by atoms with Crippen molar-refractivity contribution < 1.29 is 23.8 Å². The topological polar surface area (TPSA) is 99.8 Å². The summed E-state index contributed by atoms with van der Waals surface area (Å²) in [6.45, 7) is 3.07. The molecule has 0 bridgehead atoms. The molecular weight excluding hydrogens is 209 g/mol. The zero-order valence-corrected chi connectivity index (χ0v) is 9.03. The van der Waals surface area contributed by atoms with E-state index in [0.717, 1.165) is 0 Å². The summed E-state index contributed by atoms with van der Waals surface area (Å²) in [6.07, 6.45) is 0. The molecule has 0 aromatic rings. The molecule has 0 fully saturated rings. The van der Waals surface area contributed by atoms with Gasteiger partial charge < -0.3 is 19.3 Å². The van der Waals surface area contributed by atoms with Gasteiger partial charge in [0.25, 0.3) is 5.34 Å². The van der Waals surface area contributed by atoms with Crippen LogP contribution in [-0.2, 0) is 14.0 Å². The van der Waals surface area contributed by atoms with Gasteiger partial charge in [-0.2, -0.15) is 5.26 Å². The third-order valence-electron chi connectivity index (χ3n) is 1.53. The lowest BCUT2D eigenvalue weighted by atomic mass is 10.4. The second kappa shape index (κ2) is 5.44. The smallest absolute Gasteiger partial charge is 0.374 e. The average Bonchev–Trinajstić information content (AvgIpc) is 2.10. The number of ether oxygens (including phenoxy) is 2. The van der Waals surface area contributed by atoms with Crippen molar-refractivity contribution in [2.24, 2.45) is 0 Å². The van der Waals surface area contributed by atoms with Gasteiger partial charge in [-0.05, 0) is 13.8 Å². The molecule has 2 N–H and O–H groups in total. The highest BCUT2D eigenvalue weighted by Crippen LogP contribution is 2.51. The molecule has 0 aromatic carbocycles. The second-order valence-corrected chi connectivity index (χ2v) is 4.32. The van der Waals surface area contributed by atoms with Crippen LogP contribution in [0, 0.1) is 11.3 Å². The summed E-state index contributed by atoms with van der Waals surface area (Å²) in [4.78, 5) is 17.9. The molecule has 0 saturated carbocycles. The number of rotatable bonds is 6. The summed E-state index contributed by atoms with van der Waals surface area (Å²) in [6, 6.07) is 1.48. The van der Waals surface area contributed by atoms with E-state index in [9.17, 15) is 4.57 Å². The Kier molecular flexibility index (Phi) is 5.27. The largest absolute Gasteiger partial charge is 0.377 e. The summed E-state index contributed by atoms with van der Waals surface area (Å²) in [5.74, 6) is 0. The van der Waals surface area contributed by atoms with Crippen LogP contribution in [0.1, 0.15) is 13.8 Å². The van der Waals surface area contributed by atoms with Crippen LogP contribution >= 0.6 is 7.60 Å². The molecule has 14 heavy (non-hydrogen) atoms. The van der Waals surface area contributed by atoms with Crippen molar-refractivity contribution in [2.75, 3.05) is 19.8 Å². The Morgan fingerprint density at radius 3 is 2.29 bits per heavy atom. The van der Waals surface area contributed by atoms with Crippen LogP contribution in [0.5, 0.6) is 0 Å². The number of hydrogen-bond donors (Lipinski definition) is 2. The standard InChI is InChI=1S/C7H14NO5P/c1-3-12-6-7(5-8,13-4-2)14(9,10)11/h3-4,6H2,1-2H3,(H2,9,10,11). The van der Waals surface area contributed by atoms with E-state index in [1.54, 1.807) is 13.8 Å². The Balaban J connectivity index is 4.82. The summed E-state index contributed by atoms with van der Waals surface area (Å²) in [5, 5.41) is 6.55. The van der Waals surface area contributed by atoms with E-state index in [-0.39, 0.29) is 13.2 Å². The van der Waals surface area contributed by atoms with Crippen molar-refractivity contribution in [2.45, 2.75) is 19.2 Å². The maximum Gasteiger partial charge on any atom is 0.374 e. The molecule has 7 heteroatoms. The highest BCUT2D eigenvalue weighted by Gasteiger charge is 2.49. The molecular formula is C7H14NO5P. The molecule has 0 saturated heterocycles. The number of nitriles is 1. The lowest BCUT2D eigenvalue weighted by Gasteiger charge is -2.26. The zero-order chi connectivity index (χ0) is 11.2. The Labute approximate surface area is 82.6 Å². The van der Waals surface area contributed by atoms with E-state index in [2.05, 4.69) is 0 Å². The Morgan fingerprint density at radius 1 is 1.43 bits per heavy atom. The minimum atomic E-state index is -4.66. The number of nitrogens with zero attached hydrogens (tertiary/aromatic N) is 1. The lowest BCUT2D eigenvalue weighted by molar-refractivity contribution is -0.0193. The predicted octanol–water partition coefficient (Wildman–Crippen LogP) is 0.457. The quantitative estimate of drug-likeness (QED) is 0.634. The van der Waals surface area contributed by atoms with Gasteiger partial charge in [0.1, 0.15) is 12.7 Å². The zero-order valence-electron chi connectivity index (χ0n) is 8.13. The van der Waals surface area contributed by atoms with Crippen LogP contribution in [-0.4, -0.2) is 34.9 Å². The Morgan fingerprint density at radius 2 is 2.00 bits per heavy atom. The average molecular weight is 223 g/mol. The second-order valence-electron chi connectivity index (χ2n) is 2.51. The fraction of sp³-hybridized carbons (Fsp3) is 0.857. The Hall–Kier alpha value is -0.440. The third kappa shape index (κ3) is 3.05. The van der Waals surface area contributed by atoms with Crippen molar-refractivity contribution in [1.29, 1.82) is 5.26 Å². The minimum absolute atomic E-state index is 0.0335. The monoisotopic (exact) mass is 223 g/mol. The summed E-state index contributed by atoms with van der Waals surface area (Å²) in [7, 11) is -4.66. The van der Waals surface area contributed by atoms with Gasteiger partial charge in [-0.15, -0.1) is 0 Å². The van der Waals surface area contributed by atoms with Crippen LogP contribution in [0.15, 0.2) is 0 Å². The van der Waals surface area contributed by atoms with Crippen LogP contribution in [0.4, 0.5) is 0 Å². The SMILES string of the molecule is CCOCC(C#N)(OCC)P(=O)(O)O. The van der Waals surface area contributed by atoms with Gasteiger partial charge in [-0.3, -0.25) is 4.57 Å². The van der Waals surface area contributed by atoms with Gasteiger partial charge in [0, 0.05) is 13.2 Å². The molecule has 0 aliphatic heterocycles. The van der Waals surface area contributed by atoms with E-state index in [1.807, 2.05) is 0 Å². The maximum atomic E-state index is 11.0. The third-order valence-corrected chi connectivity index (χ3v) is 2.83. The van der Waals surface area contributed by atoms with Gasteiger partial charge >= 0.3 is 7.60 Å². The lowest BCUT2D eigenvalue weighted by Crippen LogP contribution is -2.36. The molecule has 0 radical (unpaired) electrons. The minimum Gasteiger partial charge on any atom is -0.377 e. The fourth-order valence-corrected chi connectivity index (χ4v) is 1.51. The van der Waals surface area contributed by atoms with Crippen LogP contribution in [0.3, 0.4) is 0 Å². The molecule has 0 rings (SSSR count). The molecule has 82 valence electrons. The summed E-state index contributed by atoms with van der Waals surface area (Å²) < 4.78 is 20.7. The highest BCUT2D eigenvalue weighted by atomic mass is 31.2.